The van der Waals surface area contributed by atoms with Crippen molar-refractivity contribution in [2.75, 3.05) is 14.2 Å². The van der Waals surface area contributed by atoms with Gasteiger partial charge in [-0.15, -0.1) is 0 Å². The van der Waals surface area contributed by atoms with Crippen molar-refractivity contribution in [2.24, 2.45) is 29.1 Å². The lowest BCUT2D eigenvalue weighted by Crippen LogP contribution is -2.27. The third-order valence-electron chi connectivity index (χ3n) is 5.98. The number of methoxy groups -OCH3 is 2. The molecule has 0 aromatic heterocycles. The van der Waals surface area contributed by atoms with Gasteiger partial charge in [-0.25, -0.2) is 0 Å². The van der Waals surface area contributed by atoms with Crippen LogP contribution in [0.15, 0.2) is 0 Å². The highest BCUT2D eigenvalue weighted by atomic mass is 16.5. The van der Waals surface area contributed by atoms with Crippen LogP contribution in [0.25, 0.3) is 0 Å². The van der Waals surface area contributed by atoms with Crippen LogP contribution in [0.2, 0.25) is 0 Å². The van der Waals surface area contributed by atoms with E-state index >= 15 is 0 Å². The van der Waals surface area contributed by atoms with Crippen LogP contribution in [0.3, 0.4) is 0 Å². The van der Waals surface area contributed by atoms with Gasteiger partial charge in [-0.1, -0.05) is 6.92 Å². The van der Waals surface area contributed by atoms with Crippen molar-refractivity contribution in [3.05, 3.63) is 0 Å². The topological polar surface area (TPSA) is 52.6 Å². The molecule has 3 fully saturated rings. The van der Waals surface area contributed by atoms with Crippen molar-refractivity contribution >= 4 is 11.8 Å². The summed E-state index contributed by atoms with van der Waals surface area (Å²) in [4.78, 5) is 24.2. The molecule has 0 saturated heterocycles. The second-order valence-electron chi connectivity index (χ2n) is 6.67. The van der Waals surface area contributed by atoms with E-state index in [2.05, 4.69) is 6.92 Å². The lowest BCUT2D eigenvalue weighted by Gasteiger charge is -2.30. The Bertz CT molecular complexity index is 418. The summed E-state index contributed by atoms with van der Waals surface area (Å²) < 4.78 is 10.3. The highest BCUT2D eigenvalue weighted by molar-refractivity contribution is 6.02. The monoisotopic (exact) mass is 266 g/mol. The molecule has 0 bridgehead atoms. The van der Waals surface area contributed by atoms with Gasteiger partial charge < -0.3 is 9.47 Å². The number of Topliss-reactive ketones (excluding diaryl/α,β-unsaturated/α-hetero) is 1. The van der Waals surface area contributed by atoms with Gasteiger partial charge in [0, 0.05) is 13.0 Å². The van der Waals surface area contributed by atoms with E-state index in [1.165, 1.54) is 7.11 Å². The molecule has 4 nitrogen and oxygen atoms in total. The third-order valence-corrected chi connectivity index (χ3v) is 5.98. The van der Waals surface area contributed by atoms with Crippen LogP contribution in [0.4, 0.5) is 0 Å². The number of hydrogen-bond donors (Lipinski definition) is 0. The van der Waals surface area contributed by atoms with Crippen molar-refractivity contribution in [2.45, 2.75) is 38.7 Å². The molecule has 0 N–H and O–H groups in total. The number of ketones is 1. The fourth-order valence-corrected chi connectivity index (χ4v) is 5.02. The number of rotatable bonds is 2. The van der Waals surface area contributed by atoms with E-state index in [0.717, 1.165) is 19.3 Å². The molecule has 0 spiro atoms. The maximum atomic E-state index is 12.4. The number of hydrogen-bond acceptors (Lipinski definition) is 4. The predicted octanol–water partition coefficient (Wildman–Crippen LogP) is 1.82. The van der Waals surface area contributed by atoms with Crippen molar-refractivity contribution in [1.29, 1.82) is 0 Å². The summed E-state index contributed by atoms with van der Waals surface area (Å²) in [6, 6.07) is 0. The summed E-state index contributed by atoms with van der Waals surface area (Å²) >= 11 is 0. The zero-order chi connectivity index (χ0) is 13.8. The molecular weight excluding hydrogens is 244 g/mol. The lowest BCUT2D eigenvalue weighted by molar-refractivity contribution is -0.148. The summed E-state index contributed by atoms with van der Waals surface area (Å²) in [5, 5.41) is 0. The van der Waals surface area contributed by atoms with Gasteiger partial charge in [0.15, 0.2) is 5.78 Å². The summed E-state index contributed by atoms with van der Waals surface area (Å²) in [6.07, 6.45) is 4.05. The molecule has 1 unspecified atom stereocenters. The van der Waals surface area contributed by atoms with E-state index in [4.69, 9.17) is 9.47 Å². The maximum Gasteiger partial charge on any atom is 0.316 e. The van der Waals surface area contributed by atoms with Gasteiger partial charge in [-0.2, -0.15) is 0 Å². The van der Waals surface area contributed by atoms with E-state index in [9.17, 15) is 9.59 Å². The zero-order valence-electron chi connectivity index (χ0n) is 11.8. The Kier molecular flexibility index (Phi) is 2.97. The van der Waals surface area contributed by atoms with Crippen molar-refractivity contribution in [1.82, 2.24) is 0 Å². The molecular formula is C15H22O4. The standard InChI is InChI=1S/C15H22O4/c1-15-7-10(14(17)19-3)13(16)12(15)5-8-4-9(18-2)6-11(8)15/h8-12H,4-7H2,1-3H3/t8-,9-,10?,11-,12+,15+/m1/s1. The van der Waals surface area contributed by atoms with Crippen LogP contribution < -0.4 is 0 Å². The minimum absolute atomic E-state index is 0.0200. The van der Waals surface area contributed by atoms with E-state index < -0.39 is 5.92 Å². The van der Waals surface area contributed by atoms with Gasteiger partial charge in [0.25, 0.3) is 0 Å². The average Bonchev–Trinajstić information content (AvgIpc) is 3.00. The van der Waals surface area contributed by atoms with Crippen molar-refractivity contribution in [3.63, 3.8) is 0 Å². The Morgan fingerprint density at radius 1 is 1.26 bits per heavy atom. The third kappa shape index (κ3) is 1.69. The van der Waals surface area contributed by atoms with Crippen LogP contribution in [-0.4, -0.2) is 32.1 Å². The molecule has 106 valence electrons. The number of carbonyl (C=O) groups is 2. The molecule has 0 aromatic rings. The lowest BCUT2D eigenvalue weighted by atomic mass is 9.74. The minimum atomic E-state index is -0.525. The van der Waals surface area contributed by atoms with Crippen LogP contribution in [0.5, 0.6) is 0 Å². The average molecular weight is 266 g/mol. The summed E-state index contributed by atoms with van der Waals surface area (Å²) in [5.74, 6) is 0.437. The van der Waals surface area contributed by atoms with Crippen molar-refractivity contribution < 1.29 is 19.1 Å². The normalized spacial score (nSPS) is 48.2. The fourth-order valence-electron chi connectivity index (χ4n) is 5.02. The number of fused-ring (bicyclic) bond motifs is 3. The molecule has 0 aliphatic heterocycles. The first-order chi connectivity index (χ1) is 9.01. The molecule has 6 atom stereocenters. The Balaban J connectivity index is 1.84. The van der Waals surface area contributed by atoms with E-state index in [0.29, 0.717) is 24.4 Å². The van der Waals surface area contributed by atoms with Gasteiger partial charge in [-0.3, -0.25) is 9.59 Å². The molecule has 0 amide bonds. The number of esters is 1. The minimum Gasteiger partial charge on any atom is -0.468 e. The van der Waals surface area contributed by atoms with Gasteiger partial charge in [0.05, 0.1) is 13.2 Å². The first-order valence-corrected chi connectivity index (χ1v) is 7.15. The molecule has 0 radical (unpaired) electrons. The quantitative estimate of drug-likeness (QED) is 0.565. The van der Waals surface area contributed by atoms with Gasteiger partial charge >= 0.3 is 5.97 Å². The predicted molar refractivity (Wildman–Crippen MR) is 68.4 cm³/mol. The van der Waals surface area contributed by atoms with Crippen LogP contribution in [-0.2, 0) is 19.1 Å². The van der Waals surface area contributed by atoms with E-state index in [1.807, 2.05) is 0 Å². The molecule has 3 aliphatic rings. The second kappa shape index (κ2) is 4.30. The smallest absolute Gasteiger partial charge is 0.316 e. The molecule has 3 rings (SSSR count). The van der Waals surface area contributed by atoms with Gasteiger partial charge in [0.2, 0.25) is 0 Å². The first kappa shape index (κ1) is 13.1. The Morgan fingerprint density at radius 2 is 2.00 bits per heavy atom. The fraction of sp³-hybridized carbons (Fsp3) is 0.867. The Hall–Kier alpha value is -0.900. The van der Waals surface area contributed by atoms with Crippen LogP contribution >= 0.6 is 0 Å². The highest BCUT2D eigenvalue weighted by Gasteiger charge is 2.64. The van der Waals surface area contributed by atoms with Crippen molar-refractivity contribution in [3.8, 4) is 0 Å². The molecule has 0 heterocycles. The highest BCUT2D eigenvalue weighted by Crippen LogP contribution is 2.64. The zero-order valence-corrected chi connectivity index (χ0v) is 11.8. The van der Waals surface area contributed by atoms with Gasteiger partial charge in [0.1, 0.15) is 5.92 Å². The van der Waals surface area contributed by atoms with E-state index in [1.54, 1.807) is 7.11 Å². The van der Waals surface area contributed by atoms with E-state index in [-0.39, 0.29) is 23.1 Å². The molecule has 3 aliphatic carbocycles. The second-order valence-corrected chi connectivity index (χ2v) is 6.67. The molecule has 19 heavy (non-hydrogen) atoms. The molecule has 3 saturated carbocycles. The Morgan fingerprint density at radius 3 is 2.63 bits per heavy atom. The summed E-state index contributed by atoms with van der Waals surface area (Å²) in [7, 11) is 3.13. The SMILES string of the molecule is COC(=O)C1C[C@@]2(C)[C@@H]3C[C@H](OC)C[C@@H]3C[C@H]2C1=O. The molecule has 4 heteroatoms. The van der Waals surface area contributed by atoms with Gasteiger partial charge in [-0.05, 0) is 42.9 Å². The molecule has 0 aromatic carbocycles. The number of ether oxygens (including phenoxy) is 2. The Labute approximate surface area is 113 Å². The van der Waals surface area contributed by atoms with Crippen LogP contribution in [0.1, 0.15) is 32.6 Å². The first-order valence-electron chi connectivity index (χ1n) is 7.15. The summed E-state index contributed by atoms with van der Waals surface area (Å²) in [6.45, 7) is 2.20. The van der Waals surface area contributed by atoms with Crippen LogP contribution in [0, 0.1) is 29.1 Å². The number of carbonyl (C=O) groups excluding carboxylic acids is 2. The maximum absolute atomic E-state index is 12.4. The largest absolute Gasteiger partial charge is 0.468 e. The summed E-state index contributed by atoms with van der Waals surface area (Å²) in [5.41, 5.74) is -0.0200.